The lowest BCUT2D eigenvalue weighted by Crippen LogP contribution is -1.81. The summed E-state index contributed by atoms with van der Waals surface area (Å²) in [6.45, 7) is 0. The molecule has 0 aliphatic rings. The van der Waals surface area contributed by atoms with Crippen LogP contribution in [0.4, 0.5) is 0 Å². The van der Waals surface area contributed by atoms with E-state index in [1.165, 1.54) is 11.5 Å². The van der Waals surface area contributed by atoms with Gasteiger partial charge < -0.3 is 5.11 Å². The van der Waals surface area contributed by atoms with Gasteiger partial charge in [0.05, 0.1) is 0 Å². The van der Waals surface area contributed by atoms with E-state index in [2.05, 4.69) is 9.59 Å². The third-order valence-electron chi connectivity index (χ3n) is 1.70. The molecule has 2 aromatic rings. The molecule has 0 saturated heterocycles. The second kappa shape index (κ2) is 4.83. The van der Waals surface area contributed by atoms with Crippen molar-refractivity contribution in [2.75, 3.05) is 0 Å². The molecule has 2 rings (SSSR count). The highest BCUT2D eigenvalue weighted by molar-refractivity contribution is 7.98. The molecule has 0 saturated carbocycles. The fourth-order valence-electron chi connectivity index (χ4n) is 1.01. The molecule has 0 atom stereocenters. The third kappa shape index (κ3) is 2.84. The first-order chi connectivity index (χ1) is 7.25. The number of rotatable bonds is 3. The van der Waals surface area contributed by atoms with Crippen molar-refractivity contribution in [3.63, 3.8) is 0 Å². The van der Waals surface area contributed by atoms with E-state index < -0.39 is 0 Å². The van der Waals surface area contributed by atoms with Gasteiger partial charge in [0.25, 0.3) is 0 Å². The number of phenolic OH excluding ortho intramolecular Hbond substituents is 1. The molecule has 0 aliphatic heterocycles. The summed E-state index contributed by atoms with van der Waals surface area (Å²) < 4.78 is 4.38. The van der Waals surface area contributed by atoms with Gasteiger partial charge in [-0.2, -0.15) is 0 Å². The summed E-state index contributed by atoms with van der Waals surface area (Å²) in [5.74, 6) is 0.932. The van der Waals surface area contributed by atoms with Crippen molar-refractivity contribution in [2.24, 2.45) is 0 Å². The number of hydrogen-bond acceptors (Lipinski definition) is 5. The topological polar surface area (TPSA) is 46.0 Å². The standard InChI is InChI=1S/C9H7ClN2OS2/c10-9-8(11-12-15-9)5-14-7-3-1-2-6(13)4-7/h1-4,13H,5H2. The Labute approximate surface area is 100 Å². The molecule has 0 spiro atoms. The van der Waals surface area contributed by atoms with Crippen LogP contribution in [-0.4, -0.2) is 14.7 Å². The number of nitrogens with zero attached hydrogens (tertiary/aromatic N) is 2. The van der Waals surface area contributed by atoms with Crippen molar-refractivity contribution in [2.45, 2.75) is 10.6 Å². The van der Waals surface area contributed by atoms with E-state index in [1.54, 1.807) is 30.0 Å². The van der Waals surface area contributed by atoms with Gasteiger partial charge >= 0.3 is 0 Å². The minimum Gasteiger partial charge on any atom is -0.508 e. The molecule has 6 heteroatoms. The average molecular weight is 259 g/mol. The Kier molecular flexibility index (Phi) is 3.45. The van der Waals surface area contributed by atoms with Gasteiger partial charge in [0.1, 0.15) is 15.8 Å². The van der Waals surface area contributed by atoms with E-state index in [9.17, 15) is 5.11 Å². The van der Waals surface area contributed by atoms with Gasteiger partial charge in [0.2, 0.25) is 0 Å². The number of aromatic hydroxyl groups is 1. The van der Waals surface area contributed by atoms with Gasteiger partial charge in [-0.15, -0.1) is 16.9 Å². The van der Waals surface area contributed by atoms with Crippen LogP contribution in [0.3, 0.4) is 0 Å². The third-order valence-corrected chi connectivity index (χ3v) is 3.69. The monoisotopic (exact) mass is 258 g/mol. The maximum Gasteiger partial charge on any atom is 0.138 e. The SMILES string of the molecule is Oc1cccc(SCc2nnsc2Cl)c1. The molecule has 0 fully saturated rings. The summed E-state index contributed by atoms with van der Waals surface area (Å²) in [6.07, 6.45) is 0. The Bertz CT molecular complexity index is 461. The van der Waals surface area contributed by atoms with Crippen molar-refractivity contribution < 1.29 is 5.11 Å². The Morgan fingerprint density at radius 1 is 1.47 bits per heavy atom. The van der Waals surface area contributed by atoms with Crippen LogP contribution in [0.2, 0.25) is 4.34 Å². The molecule has 0 bridgehead atoms. The highest BCUT2D eigenvalue weighted by Crippen LogP contribution is 2.28. The van der Waals surface area contributed by atoms with E-state index in [0.29, 0.717) is 10.1 Å². The van der Waals surface area contributed by atoms with Crippen LogP contribution in [0.1, 0.15) is 5.69 Å². The van der Waals surface area contributed by atoms with Gasteiger partial charge in [-0.1, -0.05) is 22.2 Å². The lowest BCUT2D eigenvalue weighted by Gasteiger charge is -1.99. The molecule has 1 heterocycles. The quantitative estimate of drug-likeness (QED) is 0.859. The van der Waals surface area contributed by atoms with Crippen molar-refractivity contribution in [1.29, 1.82) is 0 Å². The molecule has 0 aliphatic carbocycles. The first kappa shape index (κ1) is 10.7. The van der Waals surface area contributed by atoms with Gasteiger partial charge in [-0.05, 0) is 18.2 Å². The summed E-state index contributed by atoms with van der Waals surface area (Å²) in [5.41, 5.74) is 0.787. The zero-order valence-corrected chi connectivity index (χ0v) is 9.94. The number of hydrogen-bond donors (Lipinski definition) is 1. The molecule has 15 heavy (non-hydrogen) atoms. The lowest BCUT2D eigenvalue weighted by molar-refractivity contribution is 0.474. The number of halogens is 1. The maximum absolute atomic E-state index is 9.26. The first-order valence-corrected chi connectivity index (χ1v) is 6.28. The normalized spacial score (nSPS) is 10.5. The van der Waals surface area contributed by atoms with Crippen LogP contribution in [0.5, 0.6) is 5.75 Å². The number of thioether (sulfide) groups is 1. The minimum atomic E-state index is 0.266. The molecular formula is C9H7ClN2OS2. The maximum atomic E-state index is 9.26. The Morgan fingerprint density at radius 3 is 3.00 bits per heavy atom. The van der Waals surface area contributed by atoms with E-state index >= 15 is 0 Å². The molecule has 0 amide bonds. The molecule has 1 aromatic heterocycles. The average Bonchev–Trinajstić information content (AvgIpc) is 2.61. The summed E-state index contributed by atoms with van der Waals surface area (Å²) in [7, 11) is 0. The predicted octanol–water partition coefficient (Wildman–Crippen LogP) is 3.19. The fraction of sp³-hybridized carbons (Fsp3) is 0.111. The largest absolute Gasteiger partial charge is 0.508 e. The van der Waals surface area contributed by atoms with Crippen molar-refractivity contribution >= 4 is 34.9 Å². The van der Waals surface area contributed by atoms with Crippen LogP contribution in [0.25, 0.3) is 0 Å². The molecule has 78 valence electrons. The number of phenols is 1. The van der Waals surface area contributed by atoms with Gasteiger partial charge in [-0.25, -0.2) is 0 Å². The highest BCUT2D eigenvalue weighted by atomic mass is 35.5. The summed E-state index contributed by atoms with van der Waals surface area (Å²) in [5, 5.41) is 13.2. The zero-order chi connectivity index (χ0) is 10.7. The van der Waals surface area contributed by atoms with Gasteiger partial charge in [-0.3, -0.25) is 0 Å². The van der Waals surface area contributed by atoms with Crippen molar-refractivity contribution in [1.82, 2.24) is 9.59 Å². The molecule has 0 unspecified atom stereocenters. The molecule has 1 aromatic carbocycles. The summed E-state index contributed by atoms with van der Waals surface area (Å²) >= 11 is 8.62. The van der Waals surface area contributed by atoms with Crippen LogP contribution >= 0.6 is 34.9 Å². The number of aromatic nitrogens is 2. The smallest absolute Gasteiger partial charge is 0.138 e. The van der Waals surface area contributed by atoms with Gasteiger partial charge in [0, 0.05) is 22.2 Å². The summed E-state index contributed by atoms with van der Waals surface area (Å²) in [4.78, 5) is 0.985. The second-order valence-corrected chi connectivity index (χ2v) is 5.18. The van der Waals surface area contributed by atoms with Crippen LogP contribution in [0.15, 0.2) is 29.2 Å². The molecule has 0 radical (unpaired) electrons. The highest BCUT2D eigenvalue weighted by Gasteiger charge is 2.05. The zero-order valence-electron chi connectivity index (χ0n) is 7.55. The van der Waals surface area contributed by atoms with Crippen LogP contribution in [-0.2, 0) is 5.75 Å². The summed E-state index contributed by atoms with van der Waals surface area (Å²) in [6, 6.07) is 7.08. The molecule has 3 nitrogen and oxygen atoms in total. The number of benzene rings is 1. The predicted molar refractivity (Wildman–Crippen MR) is 62.6 cm³/mol. The van der Waals surface area contributed by atoms with Crippen LogP contribution in [0, 0.1) is 0 Å². The van der Waals surface area contributed by atoms with Crippen molar-refractivity contribution in [3.05, 3.63) is 34.3 Å². The van der Waals surface area contributed by atoms with E-state index in [0.717, 1.165) is 10.6 Å². The van der Waals surface area contributed by atoms with E-state index in [4.69, 9.17) is 11.6 Å². The molecular weight excluding hydrogens is 252 g/mol. The van der Waals surface area contributed by atoms with E-state index in [-0.39, 0.29) is 5.75 Å². The van der Waals surface area contributed by atoms with Crippen molar-refractivity contribution in [3.8, 4) is 5.75 Å². The fourth-order valence-corrected chi connectivity index (χ4v) is 2.69. The minimum absolute atomic E-state index is 0.266. The van der Waals surface area contributed by atoms with Gasteiger partial charge in [0.15, 0.2) is 0 Å². The Morgan fingerprint density at radius 2 is 2.33 bits per heavy atom. The Hall–Kier alpha value is -0.780. The Balaban J connectivity index is 2.02. The molecule has 1 N–H and O–H groups in total. The second-order valence-electron chi connectivity index (χ2n) is 2.78. The van der Waals surface area contributed by atoms with Crippen LogP contribution < -0.4 is 0 Å². The van der Waals surface area contributed by atoms with E-state index in [1.807, 2.05) is 6.07 Å². The lowest BCUT2D eigenvalue weighted by atomic mass is 10.3. The first-order valence-electron chi connectivity index (χ1n) is 4.14.